The Labute approximate surface area is 230 Å². The van der Waals surface area contributed by atoms with Gasteiger partial charge in [0, 0.05) is 11.8 Å². The van der Waals surface area contributed by atoms with Crippen LogP contribution in [0.3, 0.4) is 0 Å². The number of carboxylic acid groups (broad SMARTS) is 1. The SMILES string of the molecule is CC(=O)C[C@@H]1[C@@]2(C)C=C(C#N)C(=O)C(C)(C)[C@@H]2CC[C@@]1(C)C(C)(C)CC[C@@]1(C(=O)O)CCC(C)(C)CC1C. The molecule has 3 aliphatic carbocycles. The monoisotopic (exact) mass is 525 g/mol. The Hall–Kier alpha value is -1.96. The van der Waals surface area contributed by atoms with Gasteiger partial charge in [-0.25, -0.2) is 0 Å². The zero-order chi connectivity index (χ0) is 29.1. The number of carboxylic acids is 1. The van der Waals surface area contributed by atoms with Gasteiger partial charge in [-0.2, -0.15) is 5.26 Å². The first-order valence-corrected chi connectivity index (χ1v) is 14.6. The number of rotatable bonds is 7. The maximum absolute atomic E-state index is 13.2. The molecule has 3 rings (SSSR count). The van der Waals surface area contributed by atoms with E-state index in [0.29, 0.717) is 19.3 Å². The van der Waals surface area contributed by atoms with E-state index in [4.69, 9.17) is 0 Å². The molecule has 0 radical (unpaired) electrons. The second-order valence-electron chi connectivity index (χ2n) is 15.7. The molecular formula is C33H51NO4. The highest BCUT2D eigenvalue weighted by molar-refractivity contribution is 6.04. The average molecular weight is 526 g/mol. The van der Waals surface area contributed by atoms with Crippen LogP contribution in [0.15, 0.2) is 11.6 Å². The summed E-state index contributed by atoms with van der Waals surface area (Å²) in [6.07, 6.45) is 7.90. The third-order valence-corrected chi connectivity index (χ3v) is 12.2. The molecule has 1 N–H and O–H groups in total. The van der Waals surface area contributed by atoms with E-state index in [1.165, 1.54) is 0 Å². The summed E-state index contributed by atoms with van der Waals surface area (Å²) in [5.74, 6) is -0.569. The van der Waals surface area contributed by atoms with E-state index in [1.54, 1.807) is 6.92 Å². The molecule has 3 aliphatic rings. The third kappa shape index (κ3) is 4.69. The van der Waals surface area contributed by atoms with Gasteiger partial charge in [-0.3, -0.25) is 9.59 Å². The topological polar surface area (TPSA) is 95.2 Å². The van der Waals surface area contributed by atoms with Gasteiger partial charge in [0.15, 0.2) is 5.78 Å². The van der Waals surface area contributed by atoms with Gasteiger partial charge in [0.05, 0.1) is 11.0 Å². The Morgan fingerprint density at radius 2 is 1.71 bits per heavy atom. The number of aliphatic carboxylic acids is 1. The fourth-order valence-electron chi connectivity index (χ4n) is 9.26. The molecule has 0 bridgehead atoms. The molecule has 5 nitrogen and oxygen atoms in total. The van der Waals surface area contributed by atoms with Gasteiger partial charge in [0.25, 0.3) is 0 Å². The number of nitrogens with zero attached hydrogens (tertiary/aromatic N) is 1. The van der Waals surface area contributed by atoms with Gasteiger partial charge in [0.1, 0.15) is 11.9 Å². The third-order valence-electron chi connectivity index (χ3n) is 12.2. The molecule has 6 atom stereocenters. The van der Waals surface area contributed by atoms with Crippen LogP contribution >= 0.6 is 0 Å². The minimum Gasteiger partial charge on any atom is -0.481 e. The van der Waals surface area contributed by atoms with E-state index in [2.05, 4.69) is 54.5 Å². The van der Waals surface area contributed by atoms with Crippen molar-refractivity contribution in [1.29, 1.82) is 5.26 Å². The van der Waals surface area contributed by atoms with Gasteiger partial charge in [-0.05, 0) is 91.3 Å². The molecule has 38 heavy (non-hydrogen) atoms. The number of hydrogen-bond acceptors (Lipinski definition) is 4. The van der Waals surface area contributed by atoms with Crippen molar-refractivity contribution in [3.8, 4) is 6.07 Å². The van der Waals surface area contributed by atoms with Crippen LogP contribution in [-0.2, 0) is 14.4 Å². The highest BCUT2D eigenvalue weighted by atomic mass is 16.4. The molecule has 1 unspecified atom stereocenters. The Bertz CT molecular complexity index is 1080. The van der Waals surface area contributed by atoms with E-state index in [9.17, 15) is 24.8 Å². The first-order chi connectivity index (χ1) is 17.2. The molecule has 0 aliphatic heterocycles. The van der Waals surface area contributed by atoms with Gasteiger partial charge >= 0.3 is 5.97 Å². The second kappa shape index (κ2) is 9.60. The second-order valence-corrected chi connectivity index (χ2v) is 15.7. The molecule has 2 saturated carbocycles. The van der Waals surface area contributed by atoms with Crippen LogP contribution in [0.5, 0.6) is 0 Å². The largest absolute Gasteiger partial charge is 0.481 e. The van der Waals surface area contributed by atoms with Crippen LogP contribution in [0.4, 0.5) is 0 Å². The molecule has 0 amide bonds. The summed E-state index contributed by atoms with van der Waals surface area (Å²) in [7, 11) is 0. The quantitative estimate of drug-likeness (QED) is 0.366. The average Bonchev–Trinajstić information content (AvgIpc) is 2.77. The van der Waals surface area contributed by atoms with Crippen LogP contribution < -0.4 is 0 Å². The smallest absolute Gasteiger partial charge is 0.309 e. The number of hydrogen-bond donors (Lipinski definition) is 1. The molecule has 0 spiro atoms. The summed E-state index contributed by atoms with van der Waals surface area (Å²) in [5.41, 5.74) is -2.02. The first-order valence-electron chi connectivity index (χ1n) is 14.6. The van der Waals surface area contributed by atoms with Crippen LogP contribution in [0.25, 0.3) is 0 Å². The lowest BCUT2D eigenvalue weighted by atomic mass is 9.39. The zero-order valence-electron chi connectivity index (χ0n) is 25.6. The van der Waals surface area contributed by atoms with E-state index < -0.39 is 22.2 Å². The molecule has 2 fully saturated rings. The van der Waals surface area contributed by atoms with Gasteiger partial charge < -0.3 is 9.90 Å². The zero-order valence-corrected chi connectivity index (χ0v) is 25.6. The standard InChI is InChI=1S/C33H51NO4/c1-21-18-28(3,4)13-15-33(21,27(37)38)16-14-29(5,6)32(10)12-11-24-30(7,8)26(36)23(20-34)19-31(24,9)25(32)17-22(2)35/h19,21,24-25H,11-18H2,1-10H3,(H,37,38)/t21?,24-,25+,31-,32+,33-/m0/s1. The van der Waals surface area contributed by atoms with Gasteiger partial charge in [-0.1, -0.05) is 68.4 Å². The molecule has 0 heterocycles. The van der Waals surface area contributed by atoms with Crippen molar-refractivity contribution in [2.75, 3.05) is 0 Å². The van der Waals surface area contributed by atoms with Crippen molar-refractivity contribution >= 4 is 17.5 Å². The number of carbonyl (C=O) groups excluding carboxylic acids is 2. The number of carbonyl (C=O) groups is 3. The van der Waals surface area contributed by atoms with Crippen molar-refractivity contribution in [3.63, 3.8) is 0 Å². The number of ketones is 2. The summed E-state index contributed by atoms with van der Waals surface area (Å²) in [6.45, 7) is 21.1. The van der Waals surface area contributed by atoms with Crippen LogP contribution in [0, 0.1) is 61.6 Å². The Morgan fingerprint density at radius 1 is 1.11 bits per heavy atom. The highest BCUT2D eigenvalue weighted by Gasteiger charge is 2.63. The molecule has 0 aromatic rings. The molecule has 212 valence electrons. The van der Waals surface area contributed by atoms with Crippen molar-refractivity contribution in [1.82, 2.24) is 0 Å². The van der Waals surface area contributed by atoms with Gasteiger partial charge in [0.2, 0.25) is 0 Å². The predicted molar refractivity (Wildman–Crippen MR) is 150 cm³/mol. The molecule has 0 aromatic heterocycles. The van der Waals surface area contributed by atoms with E-state index in [1.807, 2.05) is 19.9 Å². The lowest BCUT2D eigenvalue weighted by Crippen LogP contribution is -2.60. The minimum absolute atomic E-state index is 0.0405. The molecule has 0 aromatic carbocycles. The lowest BCUT2D eigenvalue weighted by molar-refractivity contribution is -0.163. The maximum Gasteiger partial charge on any atom is 0.309 e. The molecular weight excluding hydrogens is 474 g/mol. The Balaban J connectivity index is 2.04. The van der Waals surface area contributed by atoms with Crippen molar-refractivity contribution in [3.05, 3.63) is 11.6 Å². The Kier molecular flexibility index (Phi) is 7.72. The van der Waals surface area contributed by atoms with Crippen molar-refractivity contribution < 1.29 is 19.5 Å². The number of Topliss-reactive ketones (excluding diaryl/α,β-unsaturated/α-hetero) is 2. The Morgan fingerprint density at radius 3 is 2.21 bits per heavy atom. The molecule has 0 saturated heterocycles. The number of nitriles is 1. The van der Waals surface area contributed by atoms with Crippen molar-refractivity contribution in [2.24, 2.45) is 50.2 Å². The minimum atomic E-state index is -0.729. The first kappa shape index (κ1) is 30.6. The molecule has 5 heteroatoms. The number of fused-ring (bicyclic) bond motifs is 1. The summed E-state index contributed by atoms with van der Waals surface area (Å²) in [6, 6.07) is 2.17. The van der Waals surface area contributed by atoms with E-state index in [-0.39, 0.29) is 51.1 Å². The van der Waals surface area contributed by atoms with Crippen LogP contribution in [-0.4, -0.2) is 22.6 Å². The lowest BCUT2D eigenvalue weighted by Gasteiger charge is -2.64. The fraction of sp³-hybridized carbons (Fsp3) is 0.818. The number of allylic oxidation sites excluding steroid dienone is 2. The van der Waals surface area contributed by atoms with E-state index >= 15 is 0 Å². The maximum atomic E-state index is 13.2. The highest BCUT2D eigenvalue weighted by Crippen LogP contribution is 2.68. The summed E-state index contributed by atoms with van der Waals surface area (Å²) in [5, 5.41) is 20.4. The fourth-order valence-corrected chi connectivity index (χ4v) is 9.26. The van der Waals surface area contributed by atoms with Crippen molar-refractivity contribution in [2.45, 2.75) is 121 Å². The van der Waals surface area contributed by atoms with E-state index in [0.717, 1.165) is 32.1 Å². The predicted octanol–water partition coefficient (Wildman–Crippen LogP) is 7.79. The summed E-state index contributed by atoms with van der Waals surface area (Å²) < 4.78 is 0. The summed E-state index contributed by atoms with van der Waals surface area (Å²) >= 11 is 0. The van der Waals surface area contributed by atoms with Crippen LogP contribution in [0.2, 0.25) is 0 Å². The van der Waals surface area contributed by atoms with Crippen LogP contribution in [0.1, 0.15) is 121 Å². The summed E-state index contributed by atoms with van der Waals surface area (Å²) in [4.78, 5) is 38.7. The normalized spacial score (nSPS) is 38.5. The van der Waals surface area contributed by atoms with Gasteiger partial charge in [-0.15, -0.1) is 0 Å².